The fourth-order valence-corrected chi connectivity index (χ4v) is 2.07. The van der Waals surface area contributed by atoms with E-state index in [0.717, 1.165) is 45.7 Å². The van der Waals surface area contributed by atoms with Gasteiger partial charge in [0, 0.05) is 45.2 Å². The monoisotopic (exact) mass is 284 g/mol. The summed E-state index contributed by atoms with van der Waals surface area (Å²) in [5, 5.41) is 8.34. The Bertz CT molecular complexity index is 328. The average Bonchev–Trinajstić information content (AvgIpc) is 3.29. The number of urea groups is 1. The maximum absolute atomic E-state index is 11.5. The second-order valence-corrected chi connectivity index (χ2v) is 5.20. The molecule has 7 nitrogen and oxygen atoms in total. The normalized spacial score (nSPS) is 19.4. The van der Waals surface area contributed by atoms with Gasteiger partial charge in [0.1, 0.15) is 0 Å². The van der Waals surface area contributed by atoms with Crippen LogP contribution < -0.4 is 16.0 Å². The molecule has 2 aliphatic rings. The lowest BCUT2D eigenvalue weighted by Crippen LogP contribution is -2.45. The molecule has 2 rings (SSSR count). The van der Waals surface area contributed by atoms with Crippen LogP contribution in [-0.2, 0) is 9.53 Å². The topological polar surface area (TPSA) is 82.7 Å². The molecule has 7 heteroatoms. The molecule has 1 aliphatic heterocycles. The zero-order chi connectivity index (χ0) is 14.2. The van der Waals surface area contributed by atoms with Crippen LogP contribution in [0.3, 0.4) is 0 Å². The molecule has 1 saturated heterocycles. The van der Waals surface area contributed by atoms with Crippen molar-refractivity contribution in [3.8, 4) is 0 Å². The van der Waals surface area contributed by atoms with Crippen molar-refractivity contribution in [2.75, 3.05) is 52.5 Å². The van der Waals surface area contributed by atoms with Crippen LogP contribution in [0.25, 0.3) is 0 Å². The Kier molecular flexibility index (Phi) is 6.07. The van der Waals surface area contributed by atoms with E-state index in [9.17, 15) is 9.59 Å². The number of ether oxygens (including phenoxy) is 1. The molecular formula is C13H24N4O3. The lowest BCUT2D eigenvalue weighted by molar-refractivity contribution is -0.122. The van der Waals surface area contributed by atoms with Crippen molar-refractivity contribution in [2.24, 2.45) is 5.92 Å². The maximum atomic E-state index is 11.5. The van der Waals surface area contributed by atoms with Gasteiger partial charge >= 0.3 is 6.03 Å². The molecule has 0 bridgehead atoms. The van der Waals surface area contributed by atoms with Crippen molar-refractivity contribution in [3.63, 3.8) is 0 Å². The number of nitrogens with one attached hydrogen (secondary N) is 3. The Morgan fingerprint density at radius 2 is 1.65 bits per heavy atom. The van der Waals surface area contributed by atoms with E-state index < -0.39 is 0 Å². The van der Waals surface area contributed by atoms with Gasteiger partial charge in [0.05, 0.1) is 13.2 Å². The number of carbonyl (C=O) groups is 2. The lowest BCUT2D eigenvalue weighted by Gasteiger charge is -2.26. The van der Waals surface area contributed by atoms with Gasteiger partial charge < -0.3 is 20.7 Å². The standard InChI is InChI=1S/C13H24N4O3/c18-12(11-1-2-11)14-3-4-15-13(19)16-5-6-17-7-9-20-10-8-17/h11H,1-10H2,(H,14,18)(H2,15,16,19). The second-order valence-electron chi connectivity index (χ2n) is 5.20. The summed E-state index contributed by atoms with van der Waals surface area (Å²) in [5.41, 5.74) is 0. The predicted molar refractivity (Wildman–Crippen MR) is 74.4 cm³/mol. The molecule has 20 heavy (non-hydrogen) atoms. The molecule has 0 radical (unpaired) electrons. The number of carbonyl (C=O) groups excluding carboxylic acids is 2. The number of nitrogens with zero attached hydrogens (tertiary/aromatic N) is 1. The lowest BCUT2D eigenvalue weighted by atomic mass is 10.4. The molecule has 0 aromatic heterocycles. The number of morpholine rings is 1. The van der Waals surface area contributed by atoms with Crippen LogP contribution in [-0.4, -0.2) is 69.3 Å². The van der Waals surface area contributed by atoms with Crippen LogP contribution >= 0.6 is 0 Å². The number of rotatable bonds is 7. The molecule has 0 aromatic carbocycles. The molecule has 2 fully saturated rings. The van der Waals surface area contributed by atoms with Gasteiger partial charge in [-0.05, 0) is 12.8 Å². The molecule has 1 aliphatic carbocycles. The van der Waals surface area contributed by atoms with Crippen LogP contribution in [0.5, 0.6) is 0 Å². The summed E-state index contributed by atoms with van der Waals surface area (Å²) in [7, 11) is 0. The highest BCUT2D eigenvalue weighted by molar-refractivity contribution is 5.80. The Labute approximate surface area is 119 Å². The summed E-state index contributed by atoms with van der Waals surface area (Å²) in [4.78, 5) is 25.1. The Hall–Kier alpha value is -1.34. The van der Waals surface area contributed by atoms with Crippen molar-refractivity contribution in [3.05, 3.63) is 0 Å². The van der Waals surface area contributed by atoms with Crippen LogP contribution in [0.4, 0.5) is 4.79 Å². The van der Waals surface area contributed by atoms with Gasteiger partial charge in [-0.3, -0.25) is 9.69 Å². The first kappa shape index (κ1) is 15.1. The Balaban J connectivity index is 1.42. The zero-order valence-electron chi connectivity index (χ0n) is 11.8. The van der Waals surface area contributed by atoms with E-state index in [0.29, 0.717) is 19.6 Å². The molecule has 0 unspecified atom stereocenters. The van der Waals surface area contributed by atoms with Crippen LogP contribution in [0.2, 0.25) is 0 Å². The number of amides is 3. The highest BCUT2D eigenvalue weighted by Crippen LogP contribution is 2.28. The summed E-state index contributed by atoms with van der Waals surface area (Å²) < 4.78 is 5.26. The van der Waals surface area contributed by atoms with Gasteiger partial charge in [0.25, 0.3) is 0 Å². The Morgan fingerprint density at radius 3 is 2.35 bits per heavy atom. The molecular weight excluding hydrogens is 260 g/mol. The van der Waals surface area contributed by atoms with E-state index in [4.69, 9.17) is 4.74 Å². The second kappa shape index (κ2) is 8.06. The van der Waals surface area contributed by atoms with E-state index in [1.165, 1.54) is 0 Å². The maximum Gasteiger partial charge on any atom is 0.314 e. The minimum Gasteiger partial charge on any atom is -0.379 e. The van der Waals surface area contributed by atoms with Gasteiger partial charge in [0.2, 0.25) is 5.91 Å². The first-order valence-corrected chi connectivity index (χ1v) is 7.35. The van der Waals surface area contributed by atoms with Gasteiger partial charge in [-0.1, -0.05) is 0 Å². The van der Waals surface area contributed by atoms with E-state index >= 15 is 0 Å². The number of hydrogen-bond donors (Lipinski definition) is 3. The first-order chi connectivity index (χ1) is 9.75. The third-order valence-electron chi connectivity index (χ3n) is 3.48. The molecule has 0 aromatic rings. The largest absolute Gasteiger partial charge is 0.379 e. The highest BCUT2D eigenvalue weighted by Gasteiger charge is 2.28. The van der Waals surface area contributed by atoms with Crippen LogP contribution in [0.1, 0.15) is 12.8 Å². The van der Waals surface area contributed by atoms with Gasteiger partial charge in [-0.25, -0.2) is 4.79 Å². The molecule has 114 valence electrons. The summed E-state index contributed by atoms with van der Waals surface area (Å²) >= 11 is 0. The molecule has 3 amide bonds. The molecule has 0 atom stereocenters. The fourth-order valence-electron chi connectivity index (χ4n) is 2.07. The fraction of sp³-hybridized carbons (Fsp3) is 0.846. The van der Waals surface area contributed by atoms with Crippen molar-refractivity contribution in [1.29, 1.82) is 0 Å². The van der Waals surface area contributed by atoms with E-state index in [1.54, 1.807) is 0 Å². The van der Waals surface area contributed by atoms with Crippen molar-refractivity contribution < 1.29 is 14.3 Å². The van der Waals surface area contributed by atoms with Crippen molar-refractivity contribution in [1.82, 2.24) is 20.9 Å². The summed E-state index contributed by atoms with van der Waals surface area (Å²) in [6.45, 7) is 5.82. The highest BCUT2D eigenvalue weighted by atomic mass is 16.5. The summed E-state index contributed by atoms with van der Waals surface area (Å²) in [6.07, 6.45) is 2.00. The van der Waals surface area contributed by atoms with E-state index in [1.807, 2.05) is 0 Å². The molecule has 3 N–H and O–H groups in total. The molecule has 1 saturated carbocycles. The van der Waals surface area contributed by atoms with E-state index in [2.05, 4.69) is 20.9 Å². The molecule has 1 heterocycles. The van der Waals surface area contributed by atoms with Crippen molar-refractivity contribution in [2.45, 2.75) is 12.8 Å². The third-order valence-corrected chi connectivity index (χ3v) is 3.48. The first-order valence-electron chi connectivity index (χ1n) is 7.35. The average molecular weight is 284 g/mol. The van der Waals surface area contributed by atoms with Crippen molar-refractivity contribution >= 4 is 11.9 Å². The third kappa shape index (κ3) is 5.75. The minimum atomic E-state index is -0.182. The van der Waals surface area contributed by atoms with E-state index in [-0.39, 0.29) is 17.9 Å². The van der Waals surface area contributed by atoms with Gasteiger partial charge in [0.15, 0.2) is 0 Å². The summed E-state index contributed by atoms with van der Waals surface area (Å²) in [5.74, 6) is 0.330. The summed E-state index contributed by atoms with van der Waals surface area (Å²) in [6, 6.07) is -0.182. The minimum absolute atomic E-state index is 0.111. The Morgan fingerprint density at radius 1 is 1.00 bits per heavy atom. The molecule has 0 spiro atoms. The smallest absolute Gasteiger partial charge is 0.314 e. The predicted octanol–water partition coefficient (Wildman–Crippen LogP) is -0.856. The van der Waals surface area contributed by atoms with Crippen LogP contribution in [0, 0.1) is 5.92 Å². The van der Waals surface area contributed by atoms with Gasteiger partial charge in [-0.15, -0.1) is 0 Å². The SMILES string of the molecule is O=C(NCCNC(=O)C1CC1)NCCN1CCOCC1. The number of hydrogen-bond acceptors (Lipinski definition) is 4. The van der Waals surface area contributed by atoms with Gasteiger partial charge in [-0.2, -0.15) is 0 Å². The van der Waals surface area contributed by atoms with Crippen LogP contribution in [0.15, 0.2) is 0 Å². The quantitative estimate of drug-likeness (QED) is 0.532. The zero-order valence-corrected chi connectivity index (χ0v) is 11.8.